The summed E-state index contributed by atoms with van der Waals surface area (Å²) in [6, 6.07) is 6.29. The molecule has 0 radical (unpaired) electrons. The molecule has 1 aromatic heterocycles. The van der Waals surface area contributed by atoms with Gasteiger partial charge in [0.15, 0.2) is 5.96 Å². The van der Waals surface area contributed by atoms with Crippen molar-refractivity contribution in [1.82, 2.24) is 15.6 Å². The van der Waals surface area contributed by atoms with Gasteiger partial charge in [0, 0.05) is 30.2 Å². The molecule has 0 atom stereocenters. The highest BCUT2D eigenvalue weighted by atomic mass is 127. The van der Waals surface area contributed by atoms with E-state index in [1.807, 2.05) is 12.3 Å². The van der Waals surface area contributed by atoms with Gasteiger partial charge in [0.05, 0.1) is 18.2 Å². The number of hydrogen-bond donors (Lipinski definition) is 2. The first kappa shape index (κ1) is 20.3. The van der Waals surface area contributed by atoms with Gasteiger partial charge in [-0.15, -0.1) is 35.3 Å². The number of halogens is 2. The van der Waals surface area contributed by atoms with Crippen molar-refractivity contribution in [3.8, 4) is 6.07 Å². The molecule has 0 aliphatic carbocycles. The van der Waals surface area contributed by atoms with E-state index >= 15 is 0 Å². The molecule has 2 rings (SSSR count). The number of guanidine groups is 1. The monoisotopic (exact) mass is 459 g/mol. The highest BCUT2D eigenvalue weighted by Gasteiger charge is 2.06. The fourth-order valence-corrected chi connectivity index (χ4v) is 2.73. The summed E-state index contributed by atoms with van der Waals surface area (Å²) in [5.74, 6) is 0.208. The Bertz CT molecular complexity index is 738. The summed E-state index contributed by atoms with van der Waals surface area (Å²) < 4.78 is 13.7. The third-order valence-corrected chi connectivity index (χ3v) is 4.34. The molecule has 0 fully saturated rings. The van der Waals surface area contributed by atoms with E-state index in [0.29, 0.717) is 23.6 Å². The summed E-state index contributed by atoms with van der Waals surface area (Å²) in [5, 5.41) is 16.0. The molecule has 1 aromatic carbocycles. The lowest BCUT2D eigenvalue weighted by Crippen LogP contribution is -2.36. The molecule has 0 bridgehead atoms. The third kappa shape index (κ3) is 5.72. The molecule has 2 N–H and O–H groups in total. The zero-order valence-electron chi connectivity index (χ0n) is 13.5. The lowest BCUT2D eigenvalue weighted by molar-refractivity contribution is 0.604. The number of aromatic nitrogens is 1. The van der Waals surface area contributed by atoms with Crippen molar-refractivity contribution in [2.45, 2.75) is 26.4 Å². The fourth-order valence-electron chi connectivity index (χ4n) is 1.93. The Kier molecular flexibility index (Phi) is 8.63. The Morgan fingerprint density at radius 1 is 1.38 bits per heavy atom. The van der Waals surface area contributed by atoms with E-state index in [1.54, 1.807) is 18.4 Å². The van der Waals surface area contributed by atoms with Crippen LogP contribution in [0.25, 0.3) is 0 Å². The number of rotatable bonds is 5. The van der Waals surface area contributed by atoms with E-state index in [0.717, 1.165) is 11.4 Å². The van der Waals surface area contributed by atoms with E-state index in [2.05, 4.69) is 27.5 Å². The van der Waals surface area contributed by atoms with Crippen LogP contribution in [-0.4, -0.2) is 18.0 Å². The normalized spacial score (nSPS) is 10.7. The maximum Gasteiger partial charge on any atom is 0.191 e. The van der Waals surface area contributed by atoms with Gasteiger partial charge in [-0.2, -0.15) is 5.26 Å². The molecule has 0 spiro atoms. The van der Waals surface area contributed by atoms with E-state index in [-0.39, 0.29) is 36.3 Å². The Balaban J connectivity index is 0.00000288. The van der Waals surface area contributed by atoms with E-state index < -0.39 is 0 Å². The lowest BCUT2D eigenvalue weighted by Gasteiger charge is -2.11. The first-order valence-electron chi connectivity index (χ1n) is 7.23. The second kappa shape index (κ2) is 10.2. The van der Waals surface area contributed by atoms with Crippen LogP contribution < -0.4 is 10.6 Å². The largest absolute Gasteiger partial charge is 0.352 e. The molecule has 0 saturated heterocycles. The number of hydrogen-bond acceptors (Lipinski definition) is 4. The third-order valence-electron chi connectivity index (χ3n) is 3.20. The van der Waals surface area contributed by atoms with Crippen molar-refractivity contribution >= 4 is 41.3 Å². The molecule has 0 aliphatic rings. The van der Waals surface area contributed by atoms with Crippen LogP contribution in [0.1, 0.15) is 27.9 Å². The van der Waals surface area contributed by atoms with Gasteiger partial charge in [0.25, 0.3) is 0 Å². The average molecular weight is 459 g/mol. The molecule has 1 heterocycles. The number of nitrogens with one attached hydrogen (secondary N) is 2. The van der Waals surface area contributed by atoms with Crippen LogP contribution in [-0.2, 0) is 19.5 Å². The van der Waals surface area contributed by atoms with Gasteiger partial charge < -0.3 is 10.6 Å². The number of nitrogens with zero attached hydrogens (tertiary/aromatic N) is 3. The molecular weight excluding hydrogens is 440 g/mol. The molecule has 0 amide bonds. The molecule has 24 heavy (non-hydrogen) atoms. The average Bonchev–Trinajstić information content (AvgIpc) is 3.04. The number of thiazole rings is 1. The van der Waals surface area contributed by atoms with Crippen molar-refractivity contribution in [2.75, 3.05) is 7.05 Å². The van der Waals surface area contributed by atoms with Gasteiger partial charge in [-0.3, -0.25) is 4.99 Å². The summed E-state index contributed by atoms with van der Waals surface area (Å²) in [6.07, 6.45) is 2.85. The summed E-state index contributed by atoms with van der Waals surface area (Å²) in [7, 11) is 1.65. The fraction of sp³-hybridized carbons (Fsp3) is 0.312. The zero-order chi connectivity index (χ0) is 16.7. The Morgan fingerprint density at radius 3 is 2.75 bits per heavy atom. The summed E-state index contributed by atoms with van der Waals surface area (Å²) >= 11 is 1.65. The predicted molar refractivity (Wildman–Crippen MR) is 105 cm³/mol. The molecule has 0 unspecified atom stereocenters. The molecule has 0 saturated carbocycles. The maximum absolute atomic E-state index is 13.7. The minimum absolute atomic E-state index is 0. The zero-order valence-corrected chi connectivity index (χ0v) is 16.6. The van der Waals surface area contributed by atoms with Crippen molar-refractivity contribution in [3.63, 3.8) is 0 Å². The van der Waals surface area contributed by atoms with Crippen LogP contribution in [0, 0.1) is 17.1 Å². The van der Waals surface area contributed by atoms with E-state index in [4.69, 9.17) is 5.26 Å². The van der Waals surface area contributed by atoms with Crippen molar-refractivity contribution in [3.05, 3.63) is 51.2 Å². The molecule has 0 aliphatic heterocycles. The van der Waals surface area contributed by atoms with Gasteiger partial charge in [0.2, 0.25) is 0 Å². The highest BCUT2D eigenvalue weighted by Crippen LogP contribution is 2.13. The number of benzene rings is 1. The highest BCUT2D eigenvalue weighted by molar-refractivity contribution is 14.0. The summed E-state index contributed by atoms with van der Waals surface area (Å²) in [6.45, 7) is 2.90. The van der Waals surface area contributed by atoms with E-state index in [1.165, 1.54) is 23.1 Å². The molecule has 5 nitrogen and oxygen atoms in total. The van der Waals surface area contributed by atoms with Crippen LogP contribution in [0.4, 0.5) is 4.39 Å². The van der Waals surface area contributed by atoms with Crippen LogP contribution in [0.5, 0.6) is 0 Å². The minimum atomic E-state index is -0.348. The van der Waals surface area contributed by atoms with Gasteiger partial charge >= 0.3 is 0 Å². The van der Waals surface area contributed by atoms with Gasteiger partial charge in [-0.25, -0.2) is 9.37 Å². The van der Waals surface area contributed by atoms with Crippen molar-refractivity contribution in [1.29, 1.82) is 5.26 Å². The van der Waals surface area contributed by atoms with Gasteiger partial charge in [-0.05, 0) is 24.6 Å². The van der Waals surface area contributed by atoms with Crippen molar-refractivity contribution < 1.29 is 4.39 Å². The second-order valence-electron chi connectivity index (χ2n) is 4.77. The predicted octanol–water partition coefficient (Wildman–Crippen LogP) is 3.20. The first-order chi connectivity index (χ1) is 11.2. The molecular formula is C16H19FIN5S. The van der Waals surface area contributed by atoms with E-state index in [9.17, 15) is 4.39 Å². The lowest BCUT2D eigenvalue weighted by atomic mass is 10.1. The Morgan fingerprint density at radius 2 is 2.12 bits per heavy atom. The van der Waals surface area contributed by atoms with Crippen LogP contribution in [0.2, 0.25) is 0 Å². The number of aliphatic imine (C=N–C) groups is 1. The number of nitriles is 1. The smallest absolute Gasteiger partial charge is 0.191 e. The topological polar surface area (TPSA) is 73.1 Å². The quantitative estimate of drug-likeness (QED) is 0.409. The van der Waals surface area contributed by atoms with Crippen molar-refractivity contribution in [2.24, 2.45) is 4.99 Å². The second-order valence-corrected chi connectivity index (χ2v) is 5.97. The standard InChI is InChI=1S/C16H18FN5S.HI/c1-3-13-9-20-15(23-13)10-22-16(19-2)21-8-12-6-11(7-18)4-5-14(12)17;/h4-6,9H,3,8,10H2,1-2H3,(H2,19,21,22);1H. The van der Waals surface area contributed by atoms with Crippen LogP contribution in [0.15, 0.2) is 29.4 Å². The molecule has 8 heteroatoms. The SMILES string of the molecule is CCc1cnc(CNC(=NC)NCc2cc(C#N)ccc2F)s1.I. The van der Waals surface area contributed by atoms with Crippen LogP contribution in [0.3, 0.4) is 0 Å². The van der Waals surface area contributed by atoms with Gasteiger partial charge in [-0.1, -0.05) is 6.92 Å². The molecule has 2 aromatic rings. The Labute approximate surface area is 162 Å². The van der Waals surface area contributed by atoms with Gasteiger partial charge in [0.1, 0.15) is 10.8 Å². The summed E-state index contributed by atoms with van der Waals surface area (Å²) in [4.78, 5) is 9.66. The maximum atomic E-state index is 13.7. The Hall–Kier alpha value is -1.73. The first-order valence-corrected chi connectivity index (χ1v) is 8.04. The number of aryl methyl sites for hydroxylation is 1. The summed E-state index contributed by atoms with van der Waals surface area (Å²) in [5.41, 5.74) is 0.857. The van der Waals surface area contributed by atoms with Crippen LogP contribution >= 0.6 is 35.3 Å². The minimum Gasteiger partial charge on any atom is -0.352 e. The molecule has 128 valence electrons.